The highest BCUT2D eigenvalue weighted by molar-refractivity contribution is 5.71. The summed E-state index contributed by atoms with van der Waals surface area (Å²) in [4.78, 5) is 38.1. The molecule has 0 bridgehead atoms. The van der Waals surface area contributed by atoms with E-state index in [0.29, 0.717) is 19.3 Å². The first-order valence-corrected chi connectivity index (χ1v) is 27.7. The van der Waals surface area contributed by atoms with Gasteiger partial charge in [-0.25, -0.2) is 0 Å². The predicted molar refractivity (Wildman–Crippen MR) is 288 cm³/mol. The van der Waals surface area contributed by atoms with Gasteiger partial charge < -0.3 is 14.2 Å². The number of unbranched alkanes of at least 4 members (excludes halogenated alkanes) is 22. The summed E-state index contributed by atoms with van der Waals surface area (Å²) >= 11 is 0. The molecule has 0 aliphatic rings. The first-order valence-electron chi connectivity index (χ1n) is 27.7. The molecule has 0 radical (unpaired) electrons. The van der Waals surface area contributed by atoms with Crippen LogP contribution >= 0.6 is 0 Å². The first-order chi connectivity index (χ1) is 33.0. The van der Waals surface area contributed by atoms with Crippen LogP contribution in [0, 0.1) is 0 Å². The Morgan fingerprint density at radius 2 is 0.612 bits per heavy atom. The lowest BCUT2D eigenvalue weighted by Crippen LogP contribution is -2.30. The van der Waals surface area contributed by atoms with E-state index < -0.39 is 6.10 Å². The number of esters is 3. The number of rotatable bonds is 49. The smallest absolute Gasteiger partial charge is 0.306 e. The van der Waals surface area contributed by atoms with E-state index in [9.17, 15) is 14.4 Å². The summed E-state index contributed by atoms with van der Waals surface area (Å²) in [5.74, 6) is -0.995. The second-order valence-corrected chi connectivity index (χ2v) is 18.1. The van der Waals surface area contributed by atoms with Crippen LogP contribution in [0.4, 0.5) is 0 Å². The van der Waals surface area contributed by atoms with Crippen LogP contribution in [0.3, 0.4) is 0 Å². The number of hydrogen-bond acceptors (Lipinski definition) is 6. The van der Waals surface area contributed by atoms with Gasteiger partial charge in [0.15, 0.2) is 6.10 Å². The lowest BCUT2D eigenvalue weighted by molar-refractivity contribution is -0.166. The van der Waals surface area contributed by atoms with E-state index in [-0.39, 0.29) is 37.5 Å². The maximum Gasteiger partial charge on any atom is 0.306 e. The van der Waals surface area contributed by atoms with E-state index in [2.05, 4.69) is 112 Å². The van der Waals surface area contributed by atoms with E-state index in [4.69, 9.17) is 14.2 Å². The lowest BCUT2D eigenvalue weighted by Gasteiger charge is -2.18. The average molecular weight is 931 g/mol. The maximum atomic E-state index is 12.8. The van der Waals surface area contributed by atoms with Crippen LogP contribution in [0.25, 0.3) is 0 Å². The van der Waals surface area contributed by atoms with E-state index in [1.807, 2.05) is 6.08 Å². The third-order valence-electron chi connectivity index (χ3n) is 11.6. The summed E-state index contributed by atoms with van der Waals surface area (Å²) < 4.78 is 16.8. The zero-order valence-electron chi connectivity index (χ0n) is 43.6. The van der Waals surface area contributed by atoms with Gasteiger partial charge in [-0.1, -0.05) is 246 Å². The summed E-state index contributed by atoms with van der Waals surface area (Å²) in [6.07, 6.45) is 72.6. The molecule has 0 saturated heterocycles. The Labute approximate surface area is 413 Å². The fraction of sp³-hybridized carbons (Fsp3) is 0.689. The molecule has 0 fully saturated rings. The summed E-state index contributed by atoms with van der Waals surface area (Å²) in [6, 6.07) is 0. The van der Waals surface area contributed by atoms with Crippen molar-refractivity contribution in [3.63, 3.8) is 0 Å². The molecular formula is C61H102O6. The number of ether oxygens (including phenoxy) is 3. The molecule has 6 heteroatoms. The van der Waals surface area contributed by atoms with Gasteiger partial charge in [0.2, 0.25) is 0 Å². The quantitative estimate of drug-likeness (QED) is 0.0262. The van der Waals surface area contributed by atoms with Crippen molar-refractivity contribution >= 4 is 17.9 Å². The van der Waals surface area contributed by atoms with Crippen molar-refractivity contribution in [3.8, 4) is 0 Å². The summed E-state index contributed by atoms with van der Waals surface area (Å²) in [6.45, 7) is 6.36. The second-order valence-electron chi connectivity index (χ2n) is 18.1. The van der Waals surface area contributed by atoms with Gasteiger partial charge in [-0.3, -0.25) is 14.4 Å². The molecule has 1 unspecified atom stereocenters. The third-order valence-corrected chi connectivity index (χ3v) is 11.6. The number of hydrogen-bond donors (Lipinski definition) is 0. The molecule has 0 amide bonds. The van der Waals surface area contributed by atoms with Gasteiger partial charge in [0.25, 0.3) is 0 Å². The molecular weight excluding hydrogens is 829 g/mol. The van der Waals surface area contributed by atoms with Crippen LogP contribution in [0.1, 0.15) is 252 Å². The highest BCUT2D eigenvalue weighted by Crippen LogP contribution is 2.15. The van der Waals surface area contributed by atoms with Gasteiger partial charge in [0.1, 0.15) is 13.2 Å². The molecule has 0 aromatic heterocycles. The lowest BCUT2D eigenvalue weighted by atomic mass is 10.0. The Kier molecular flexibility index (Phi) is 51.9. The molecule has 1 atom stereocenters. The average Bonchev–Trinajstić information content (AvgIpc) is 3.33. The van der Waals surface area contributed by atoms with Gasteiger partial charge >= 0.3 is 17.9 Å². The van der Waals surface area contributed by atoms with Crippen molar-refractivity contribution in [2.24, 2.45) is 0 Å². The van der Waals surface area contributed by atoms with Crippen LogP contribution < -0.4 is 0 Å². The van der Waals surface area contributed by atoms with E-state index in [0.717, 1.165) is 96.3 Å². The molecule has 6 nitrogen and oxygen atoms in total. The summed E-state index contributed by atoms with van der Waals surface area (Å²) in [5.41, 5.74) is 0. The number of carbonyl (C=O) groups is 3. The largest absolute Gasteiger partial charge is 0.462 e. The van der Waals surface area contributed by atoms with Crippen molar-refractivity contribution < 1.29 is 28.6 Å². The number of carbonyl (C=O) groups excluding carboxylic acids is 3. The molecule has 0 aromatic rings. The second kappa shape index (κ2) is 54.9. The molecule has 67 heavy (non-hydrogen) atoms. The minimum atomic E-state index is -0.810. The molecule has 0 heterocycles. The Bertz CT molecular complexity index is 1350. The Hall–Kier alpha value is -3.67. The Morgan fingerprint density at radius 1 is 0.313 bits per heavy atom. The van der Waals surface area contributed by atoms with Crippen LogP contribution in [0.2, 0.25) is 0 Å². The van der Waals surface area contributed by atoms with E-state index >= 15 is 0 Å². The molecule has 0 spiro atoms. The van der Waals surface area contributed by atoms with Crippen molar-refractivity contribution in [1.29, 1.82) is 0 Å². The number of allylic oxidation sites excluding steroid dienone is 16. The van der Waals surface area contributed by atoms with Crippen LogP contribution in [-0.2, 0) is 28.6 Å². The van der Waals surface area contributed by atoms with Gasteiger partial charge in [0, 0.05) is 19.3 Å². The predicted octanol–water partition coefficient (Wildman–Crippen LogP) is 18.5. The normalized spacial score (nSPS) is 12.8. The topological polar surface area (TPSA) is 78.9 Å². The van der Waals surface area contributed by atoms with Gasteiger partial charge in [0.05, 0.1) is 0 Å². The Balaban J connectivity index is 4.49. The van der Waals surface area contributed by atoms with Gasteiger partial charge in [-0.2, -0.15) is 0 Å². The molecule has 0 aliphatic heterocycles. The monoisotopic (exact) mass is 931 g/mol. The Morgan fingerprint density at radius 3 is 1.00 bits per heavy atom. The molecule has 0 aromatic carbocycles. The fourth-order valence-corrected chi connectivity index (χ4v) is 7.51. The third kappa shape index (κ3) is 53.2. The standard InChI is InChI=1S/C61H102O6/c1-4-7-10-13-16-19-22-25-28-30-31-32-34-36-39-42-45-48-51-54-60(63)66-57-58(56-65-59(62)53-50-47-44-41-38-35-27-24-21-18-15-12-9-6-3)67-61(64)55-52-49-46-43-40-37-33-29-26-23-20-17-14-11-8-5-2/h7,9-10,12,16,18-19,21,25,28,31-32,36,39,45,48,58H,4-6,8,11,13-15,17,20,22-24,26-27,29-30,33-35,37-38,40-44,46-47,49-57H2,1-3H3/b10-7-,12-9-,19-16-,21-18-,28-25-,32-31-,39-36-,48-45-. The summed E-state index contributed by atoms with van der Waals surface area (Å²) in [5, 5.41) is 0. The highest BCUT2D eigenvalue weighted by atomic mass is 16.6. The fourth-order valence-electron chi connectivity index (χ4n) is 7.51. The zero-order chi connectivity index (χ0) is 48.6. The van der Waals surface area contributed by atoms with Crippen molar-refractivity contribution in [2.75, 3.05) is 13.2 Å². The van der Waals surface area contributed by atoms with Crippen LogP contribution in [0.5, 0.6) is 0 Å². The van der Waals surface area contributed by atoms with Crippen LogP contribution in [0.15, 0.2) is 97.2 Å². The minimum Gasteiger partial charge on any atom is -0.462 e. The molecule has 0 N–H and O–H groups in total. The molecule has 0 saturated carbocycles. The SMILES string of the molecule is CC/C=C\C/C=C\C/C=C\C/C=C\C/C=C\C/C=C\CCC(=O)OCC(COC(=O)CCCCCCCCC/C=C\C/C=C\CC)OC(=O)CCCCCCCCCCCCCCCCCC. The van der Waals surface area contributed by atoms with E-state index in [1.165, 1.54) is 109 Å². The molecule has 0 aliphatic carbocycles. The zero-order valence-corrected chi connectivity index (χ0v) is 43.6. The minimum absolute atomic E-state index is 0.104. The molecule has 382 valence electrons. The van der Waals surface area contributed by atoms with Gasteiger partial charge in [-0.15, -0.1) is 0 Å². The molecule has 0 rings (SSSR count). The van der Waals surface area contributed by atoms with Crippen LogP contribution in [-0.4, -0.2) is 37.2 Å². The van der Waals surface area contributed by atoms with Crippen molar-refractivity contribution in [2.45, 2.75) is 258 Å². The van der Waals surface area contributed by atoms with Crippen molar-refractivity contribution in [3.05, 3.63) is 97.2 Å². The first kappa shape index (κ1) is 63.3. The maximum absolute atomic E-state index is 12.8. The van der Waals surface area contributed by atoms with Crippen molar-refractivity contribution in [1.82, 2.24) is 0 Å². The summed E-state index contributed by atoms with van der Waals surface area (Å²) in [7, 11) is 0. The highest BCUT2D eigenvalue weighted by Gasteiger charge is 2.19. The van der Waals surface area contributed by atoms with E-state index in [1.54, 1.807) is 0 Å². The van der Waals surface area contributed by atoms with Gasteiger partial charge in [-0.05, 0) is 83.5 Å².